The summed E-state index contributed by atoms with van der Waals surface area (Å²) in [5.41, 5.74) is 1.41. The molecule has 4 nitrogen and oxygen atoms in total. The van der Waals surface area contributed by atoms with Gasteiger partial charge in [0.25, 0.3) is 5.91 Å². The third kappa shape index (κ3) is 2.67. The van der Waals surface area contributed by atoms with Gasteiger partial charge in [-0.1, -0.05) is 6.42 Å². The predicted molar refractivity (Wildman–Crippen MR) is 80.6 cm³/mol. The van der Waals surface area contributed by atoms with Crippen molar-refractivity contribution in [2.24, 2.45) is 0 Å². The number of aryl methyl sites for hydroxylation is 2. The van der Waals surface area contributed by atoms with Crippen molar-refractivity contribution in [1.82, 2.24) is 4.98 Å². The highest BCUT2D eigenvalue weighted by molar-refractivity contribution is 7.14. The number of amides is 1. The molecule has 2 aromatic heterocycles. The van der Waals surface area contributed by atoms with Crippen LogP contribution in [-0.4, -0.2) is 10.9 Å². The van der Waals surface area contributed by atoms with Crippen LogP contribution in [0.3, 0.4) is 0 Å². The maximum Gasteiger partial charge on any atom is 0.265 e. The van der Waals surface area contributed by atoms with Crippen molar-refractivity contribution in [3.8, 4) is 0 Å². The van der Waals surface area contributed by atoms with Gasteiger partial charge in [0.2, 0.25) is 5.43 Å². The van der Waals surface area contributed by atoms with E-state index in [1.54, 1.807) is 17.5 Å². The second-order valence-corrected chi connectivity index (χ2v) is 6.13. The zero-order valence-corrected chi connectivity index (χ0v) is 11.9. The minimum Gasteiger partial charge on any atom is -0.366 e. The fourth-order valence-electron chi connectivity index (χ4n) is 2.48. The third-order valence-electron chi connectivity index (χ3n) is 3.54. The lowest BCUT2D eigenvalue weighted by Gasteiger charge is -2.01. The number of aromatic amines is 1. The fourth-order valence-corrected chi connectivity index (χ4v) is 3.63. The smallest absolute Gasteiger partial charge is 0.265 e. The lowest BCUT2D eigenvalue weighted by Crippen LogP contribution is -2.16. The maximum atomic E-state index is 12.2. The van der Waals surface area contributed by atoms with E-state index in [4.69, 9.17) is 0 Å². The Hall–Kier alpha value is -1.88. The van der Waals surface area contributed by atoms with E-state index in [0.717, 1.165) is 12.8 Å². The van der Waals surface area contributed by atoms with Crippen molar-refractivity contribution in [2.75, 3.05) is 5.32 Å². The number of anilines is 1. The number of rotatable bonds is 2. The van der Waals surface area contributed by atoms with Gasteiger partial charge in [-0.25, -0.2) is 0 Å². The Kier molecular flexibility index (Phi) is 3.69. The van der Waals surface area contributed by atoms with Gasteiger partial charge in [-0.2, -0.15) is 0 Å². The van der Waals surface area contributed by atoms with Gasteiger partial charge < -0.3 is 10.3 Å². The van der Waals surface area contributed by atoms with Crippen molar-refractivity contribution in [3.05, 3.63) is 50.1 Å². The highest BCUT2D eigenvalue weighted by atomic mass is 32.1. The van der Waals surface area contributed by atoms with Gasteiger partial charge in [0.1, 0.15) is 5.69 Å². The van der Waals surface area contributed by atoms with E-state index in [2.05, 4.69) is 10.3 Å². The van der Waals surface area contributed by atoms with E-state index >= 15 is 0 Å². The lowest BCUT2D eigenvalue weighted by molar-refractivity contribution is 0.103. The van der Waals surface area contributed by atoms with Crippen LogP contribution in [0.2, 0.25) is 0 Å². The van der Waals surface area contributed by atoms with Crippen molar-refractivity contribution >= 4 is 22.9 Å². The molecule has 1 aliphatic carbocycles. The first-order valence-corrected chi connectivity index (χ1v) is 7.66. The van der Waals surface area contributed by atoms with Gasteiger partial charge >= 0.3 is 0 Å². The van der Waals surface area contributed by atoms with Crippen LogP contribution in [0, 0.1) is 0 Å². The molecule has 2 N–H and O–H groups in total. The number of carbonyl (C=O) groups is 1. The quantitative estimate of drug-likeness (QED) is 0.835. The van der Waals surface area contributed by atoms with E-state index in [0.29, 0.717) is 10.6 Å². The van der Waals surface area contributed by atoms with E-state index in [-0.39, 0.29) is 11.3 Å². The van der Waals surface area contributed by atoms with Crippen LogP contribution in [0.4, 0.5) is 5.69 Å². The highest BCUT2D eigenvalue weighted by Crippen LogP contribution is 2.29. The summed E-state index contributed by atoms with van der Waals surface area (Å²) in [5, 5.41) is 2.68. The fraction of sp³-hybridized carbons (Fsp3) is 0.333. The molecule has 2 aromatic rings. The summed E-state index contributed by atoms with van der Waals surface area (Å²) in [6.45, 7) is 0. The van der Waals surface area contributed by atoms with Gasteiger partial charge in [-0.15, -0.1) is 11.3 Å². The second-order valence-electron chi connectivity index (χ2n) is 5.00. The number of thiophene rings is 1. The number of H-pyrrole nitrogens is 1. The van der Waals surface area contributed by atoms with Crippen molar-refractivity contribution in [1.29, 1.82) is 0 Å². The van der Waals surface area contributed by atoms with Gasteiger partial charge in [0, 0.05) is 23.3 Å². The molecule has 1 aliphatic rings. The molecule has 3 rings (SSSR count). The number of carbonyl (C=O) groups excluding carboxylic acids is 1. The molecule has 0 saturated carbocycles. The standard InChI is InChI=1S/C15H16N2O2S/c18-12-6-7-16-9-11(12)17-15(19)14-8-10-4-2-1-3-5-13(10)20-14/h6-9H,1-5H2,(H,16,18)(H,17,19). The molecule has 0 fully saturated rings. The van der Waals surface area contributed by atoms with Crippen molar-refractivity contribution in [2.45, 2.75) is 32.1 Å². The topological polar surface area (TPSA) is 62.0 Å². The summed E-state index contributed by atoms with van der Waals surface area (Å²) < 4.78 is 0. The van der Waals surface area contributed by atoms with Crippen LogP contribution in [-0.2, 0) is 12.8 Å². The summed E-state index contributed by atoms with van der Waals surface area (Å²) in [5.74, 6) is -0.195. The van der Waals surface area contributed by atoms with Crippen LogP contribution >= 0.6 is 11.3 Å². The van der Waals surface area contributed by atoms with Crippen LogP contribution in [0.5, 0.6) is 0 Å². The summed E-state index contributed by atoms with van der Waals surface area (Å²) in [6.07, 6.45) is 8.85. The minimum atomic E-state index is -0.195. The lowest BCUT2D eigenvalue weighted by atomic mass is 10.1. The maximum absolute atomic E-state index is 12.2. The van der Waals surface area contributed by atoms with E-state index in [9.17, 15) is 9.59 Å². The summed E-state index contributed by atoms with van der Waals surface area (Å²) >= 11 is 1.56. The summed E-state index contributed by atoms with van der Waals surface area (Å²) in [6, 6.07) is 3.39. The first-order chi connectivity index (χ1) is 9.74. The average molecular weight is 288 g/mol. The van der Waals surface area contributed by atoms with Crippen LogP contribution in [0.1, 0.15) is 39.4 Å². The molecule has 2 heterocycles. The molecule has 0 atom stereocenters. The van der Waals surface area contributed by atoms with E-state index in [1.165, 1.54) is 42.0 Å². The molecule has 20 heavy (non-hydrogen) atoms. The predicted octanol–water partition coefficient (Wildman–Crippen LogP) is 2.96. The first-order valence-electron chi connectivity index (χ1n) is 6.84. The van der Waals surface area contributed by atoms with Gasteiger partial charge in [-0.3, -0.25) is 9.59 Å². The molecule has 0 spiro atoms. The van der Waals surface area contributed by atoms with E-state index in [1.807, 2.05) is 6.07 Å². The molecule has 0 unspecified atom stereocenters. The Labute approximate surface area is 120 Å². The largest absolute Gasteiger partial charge is 0.366 e. The molecule has 0 aliphatic heterocycles. The Balaban J connectivity index is 1.81. The zero-order chi connectivity index (χ0) is 13.9. The van der Waals surface area contributed by atoms with Gasteiger partial charge in [0.05, 0.1) is 4.88 Å². The molecule has 0 aromatic carbocycles. The average Bonchev–Trinajstić information content (AvgIpc) is 2.73. The summed E-state index contributed by atoms with van der Waals surface area (Å²) in [7, 11) is 0. The molecule has 0 saturated heterocycles. The van der Waals surface area contributed by atoms with Crippen LogP contribution in [0.15, 0.2) is 29.3 Å². The third-order valence-corrected chi connectivity index (χ3v) is 4.78. The first kappa shape index (κ1) is 13.1. The van der Waals surface area contributed by atoms with Crippen LogP contribution in [0.25, 0.3) is 0 Å². The normalized spacial score (nSPS) is 14.4. The molecule has 1 amide bonds. The number of hydrogen-bond acceptors (Lipinski definition) is 3. The minimum absolute atomic E-state index is 0.185. The molecule has 104 valence electrons. The molecular weight excluding hydrogens is 272 g/mol. The second kappa shape index (κ2) is 5.63. The summed E-state index contributed by atoms with van der Waals surface area (Å²) in [4.78, 5) is 28.6. The van der Waals surface area contributed by atoms with Crippen LogP contribution < -0.4 is 10.7 Å². The SMILES string of the molecule is O=C(Nc1c[nH]ccc1=O)c1cc2c(s1)CCCCC2. The molecule has 5 heteroatoms. The number of pyridine rings is 1. The highest BCUT2D eigenvalue weighted by Gasteiger charge is 2.17. The molecule has 0 radical (unpaired) electrons. The monoisotopic (exact) mass is 288 g/mol. The Morgan fingerprint density at radius 2 is 2.10 bits per heavy atom. The molecule has 0 bridgehead atoms. The van der Waals surface area contributed by atoms with E-state index < -0.39 is 0 Å². The zero-order valence-electron chi connectivity index (χ0n) is 11.1. The number of nitrogens with one attached hydrogen (secondary N) is 2. The number of aromatic nitrogens is 1. The Morgan fingerprint density at radius 1 is 1.25 bits per heavy atom. The van der Waals surface area contributed by atoms with Crippen molar-refractivity contribution in [3.63, 3.8) is 0 Å². The number of hydrogen-bond donors (Lipinski definition) is 2. The Morgan fingerprint density at radius 3 is 2.95 bits per heavy atom. The Bertz CT molecular complexity index is 664. The van der Waals surface area contributed by atoms with Crippen molar-refractivity contribution < 1.29 is 4.79 Å². The van der Waals surface area contributed by atoms with Gasteiger partial charge in [0.15, 0.2) is 0 Å². The number of fused-ring (bicyclic) bond motifs is 1. The van der Waals surface area contributed by atoms with Gasteiger partial charge in [-0.05, 0) is 37.3 Å². The molecular formula is C15H16N2O2S.